The predicted octanol–water partition coefficient (Wildman–Crippen LogP) is 4.93. The van der Waals surface area contributed by atoms with E-state index in [4.69, 9.17) is 8.92 Å². The van der Waals surface area contributed by atoms with Gasteiger partial charge in [0.15, 0.2) is 0 Å². The molecular weight excluding hydrogens is 372 g/mol. The Morgan fingerprint density at radius 1 is 1.25 bits per heavy atom. The molecule has 1 amide bonds. The summed E-state index contributed by atoms with van der Waals surface area (Å²) in [5, 5.41) is 0. The maximum absolute atomic E-state index is 11.3. The van der Waals surface area contributed by atoms with E-state index in [0.717, 1.165) is 24.2 Å². The summed E-state index contributed by atoms with van der Waals surface area (Å²) in [6.07, 6.45) is 7.95. The quantitative estimate of drug-likeness (QED) is 0.643. The summed E-state index contributed by atoms with van der Waals surface area (Å²) >= 11 is 0. The summed E-state index contributed by atoms with van der Waals surface area (Å²) < 4.78 is 11.4. The summed E-state index contributed by atoms with van der Waals surface area (Å²) in [5.74, 6) is 0.794. The van der Waals surface area contributed by atoms with Gasteiger partial charge in [0.2, 0.25) is 6.41 Å². The molecule has 1 aromatic rings. The van der Waals surface area contributed by atoms with E-state index < -0.39 is 10.3 Å². The third kappa shape index (κ3) is 6.46. The fourth-order valence-corrected chi connectivity index (χ4v) is 3.44. The molecule has 162 valence electrons. The van der Waals surface area contributed by atoms with Crippen LogP contribution in [0.2, 0.25) is 0 Å². The van der Waals surface area contributed by atoms with Crippen molar-refractivity contribution in [2.24, 2.45) is 0 Å². The smallest absolute Gasteiger partial charge is 0.215 e. The first-order valence-electron chi connectivity index (χ1n) is 9.77. The van der Waals surface area contributed by atoms with E-state index in [0.29, 0.717) is 13.2 Å². The molecule has 0 fully saturated rings. The van der Waals surface area contributed by atoms with Crippen LogP contribution in [0, 0.1) is 0 Å². The lowest BCUT2D eigenvalue weighted by Gasteiger charge is -2.44. The van der Waals surface area contributed by atoms with Crippen molar-refractivity contribution in [2.45, 2.75) is 70.7 Å². The molecule has 0 bridgehead atoms. The van der Waals surface area contributed by atoms with Gasteiger partial charge in [0, 0.05) is 35.6 Å². The fraction of sp³-hybridized carbons (Fsp3) is 0.727. The van der Waals surface area contributed by atoms with Gasteiger partial charge in [-0.3, -0.25) is 9.69 Å². The number of carbonyl (C=O) groups excluding carboxylic acids is 1. The molecule has 1 atom stereocenters. The standard InChI is InChI=1S/C17H28N2O2S.C5H12O/c1-16(2,3)22(5,6)21-11-9-17(4)12-19(13-20)15-14(17)8-7-10-18-15;1-5(2,3)6-4/h7-8,10,13H,9,11-12H2,1-6H3;1-4H3. The highest BCUT2D eigenvalue weighted by Gasteiger charge is 2.40. The van der Waals surface area contributed by atoms with E-state index in [1.165, 1.54) is 0 Å². The lowest BCUT2D eigenvalue weighted by Crippen LogP contribution is -2.32. The number of pyridine rings is 1. The van der Waals surface area contributed by atoms with Gasteiger partial charge in [-0.2, -0.15) is 0 Å². The van der Waals surface area contributed by atoms with Crippen LogP contribution in [0.3, 0.4) is 0 Å². The molecule has 0 aromatic carbocycles. The molecule has 0 radical (unpaired) electrons. The number of fused-ring (bicyclic) bond motifs is 1. The number of ether oxygens (including phenoxy) is 1. The molecule has 2 rings (SSSR count). The second-order valence-electron chi connectivity index (χ2n) is 9.90. The van der Waals surface area contributed by atoms with Crippen LogP contribution >= 0.6 is 10.3 Å². The van der Waals surface area contributed by atoms with E-state index in [1.54, 1.807) is 18.2 Å². The van der Waals surface area contributed by atoms with Crippen molar-refractivity contribution in [3.63, 3.8) is 0 Å². The minimum atomic E-state index is -1.11. The first kappa shape index (κ1) is 24.9. The highest BCUT2D eigenvalue weighted by Crippen LogP contribution is 2.54. The van der Waals surface area contributed by atoms with Crippen molar-refractivity contribution in [1.82, 2.24) is 4.98 Å². The van der Waals surface area contributed by atoms with Crippen LogP contribution in [0.1, 0.15) is 60.5 Å². The summed E-state index contributed by atoms with van der Waals surface area (Å²) in [6.45, 7) is 16.3. The number of hydrogen-bond donors (Lipinski definition) is 0. The number of rotatable bonds is 5. The van der Waals surface area contributed by atoms with E-state index in [1.807, 2.05) is 26.8 Å². The minimum absolute atomic E-state index is 0.0417. The number of aromatic nitrogens is 1. The molecule has 0 saturated heterocycles. The molecule has 2 heterocycles. The van der Waals surface area contributed by atoms with Crippen molar-refractivity contribution >= 4 is 22.5 Å². The topological polar surface area (TPSA) is 51.7 Å². The number of anilines is 1. The minimum Gasteiger partial charge on any atom is -0.379 e. The van der Waals surface area contributed by atoms with Gasteiger partial charge in [-0.05, 0) is 45.8 Å². The lowest BCUT2D eigenvalue weighted by atomic mass is 9.82. The molecule has 0 spiro atoms. The van der Waals surface area contributed by atoms with Crippen LogP contribution in [0.15, 0.2) is 18.3 Å². The van der Waals surface area contributed by atoms with Gasteiger partial charge in [-0.15, -0.1) is 10.3 Å². The van der Waals surface area contributed by atoms with Crippen molar-refractivity contribution < 1.29 is 13.7 Å². The third-order valence-electron chi connectivity index (χ3n) is 5.47. The Labute approximate surface area is 173 Å². The molecule has 28 heavy (non-hydrogen) atoms. The van der Waals surface area contributed by atoms with Crippen LogP contribution in [0.5, 0.6) is 0 Å². The largest absolute Gasteiger partial charge is 0.379 e. The SMILES string of the molecule is CC1(CCOS(C)(C)C(C)(C)C)CN(C=O)c2ncccc21.COC(C)(C)C. The van der Waals surface area contributed by atoms with E-state index >= 15 is 0 Å². The Hall–Kier alpha value is -1.11. The molecule has 0 aliphatic carbocycles. The lowest BCUT2D eigenvalue weighted by molar-refractivity contribution is -0.107. The maximum atomic E-state index is 11.3. The zero-order valence-corrected chi connectivity index (χ0v) is 20.3. The van der Waals surface area contributed by atoms with Crippen LogP contribution < -0.4 is 4.90 Å². The van der Waals surface area contributed by atoms with Gasteiger partial charge in [-0.1, -0.05) is 33.8 Å². The number of hydrogen-bond acceptors (Lipinski definition) is 4. The van der Waals surface area contributed by atoms with Crippen LogP contribution in [-0.2, 0) is 19.1 Å². The number of carbonyl (C=O) groups is 1. The fourth-order valence-electron chi connectivity index (χ4n) is 2.59. The average molecular weight is 413 g/mol. The van der Waals surface area contributed by atoms with Gasteiger partial charge in [0.1, 0.15) is 5.82 Å². The zero-order chi connectivity index (χ0) is 21.8. The number of methoxy groups -OCH3 is 1. The van der Waals surface area contributed by atoms with Crippen LogP contribution in [0.4, 0.5) is 5.82 Å². The molecular formula is C22H40N2O3S. The van der Waals surface area contributed by atoms with Gasteiger partial charge in [0.05, 0.1) is 12.2 Å². The Balaban J connectivity index is 0.000000568. The predicted molar refractivity (Wildman–Crippen MR) is 122 cm³/mol. The summed E-state index contributed by atoms with van der Waals surface area (Å²) in [5.41, 5.74) is 1.10. The third-order valence-corrected chi connectivity index (χ3v) is 9.18. The van der Waals surface area contributed by atoms with Gasteiger partial charge < -0.3 is 8.92 Å². The molecule has 0 N–H and O–H groups in total. The summed E-state index contributed by atoms with van der Waals surface area (Å²) in [4.78, 5) is 17.3. The van der Waals surface area contributed by atoms with Crippen molar-refractivity contribution in [1.29, 1.82) is 0 Å². The second kappa shape index (κ2) is 9.14. The highest BCUT2D eigenvalue weighted by atomic mass is 32.3. The van der Waals surface area contributed by atoms with Crippen molar-refractivity contribution in [3.8, 4) is 0 Å². The second-order valence-corrected chi connectivity index (χ2v) is 13.8. The highest BCUT2D eigenvalue weighted by molar-refractivity contribution is 8.29. The van der Waals surface area contributed by atoms with Crippen molar-refractivity contribution in [2.75, 3.05) is 37.7 Å². The molecule has 0 saturated carbocycles. The summed E-state index contributed by atoms with van der Waals surface area (Å²) in [6, 6.07) is 4.02. The van der Waals surface area contributed by atoms with Crippen molar-refractivity contribution in [3.05, 3.63) is 23.9 Å². The maximum Gasteiger partial charge on any atom is 0.215 e. The Kier molecular flexibility index (Phi) is 8.14. The Morgan fingerprint density at radius 3 is 2.29 bits per heavy atom. The Morgan fingerprint density at radius 2 is 1.82 bits per heavy atom. The van der Waals surface area contributed by atoms with E-state index in [-0.39, 0.29) is 15.8 Å². The molecule has 1 aromatic heterocycles. The van der Waals surface area contributed by atoms with E-state index in [9.17, 15) is 4.79 Å². The molecule has 1 aliphatic heterocycles. The Bertz CT molecular complexity index is 650. The molecule has 1 aliphatic rings. The first-order chi connectivity index (χ1) is 12.7. The van der Waals surface area contributed by atoms with E-state index in [2.05, 4.69) is 51.3 Å². The first-order valence-corrected chi connectivity index (χ1v) is 12.1. The van der Waals surface area contributed by atoms with Crippen LogP contribution in [-0.4, -0.2) is 54.5 Å². The normalized spacial score (nSPS) is 20.3. The average Bonchev–Trinajstić information content (AvgIpc) is 2.87. The van der Waals surface area contributed by atoms with Gasteiger partial charge in [0.25, 0.3) is 0 Å². The molecule has 1 unspecified atom stereocenters. The number of amides is 1. The summed E-state index contributed by atoms with van der Waals surface area (Å²) in [7, 11) is 0.597. The van der Waals surface area contributed by atoms with Crippen LogP contribution in [0.25, 0.3) is 0 Å². The molecule has 6 heteroatoms. The molecule has 5 nitrogen and oxygen atoms in total. The number of nitrogens with zero attached hydrogens (tertiary/aromatic N) is 2. The van der Waals surface area contributed by atoms with Gasteiger partial charge >= 0.3 is 0 Å². The van der Waals surface area contributed by atoms with Gasteiger partial charge in [-0.25, -0.2) is 4.98 Å². The zero-order valence-electron chi connectivity index (χ0n) is 19.5. The monoisotopic (exact) mass is 412 g/mol.